The maximum absolute atomic E-state index is 12.5. The zero-order chi connectivity index (χ0) is 21.9. The topological polar surface area (TPSA) is 143 Å². The van der Waals surface area contributed by atoms with Crippen molar-refractivity contribution in [1.82, 2.24) is 5.16 Å². The number of amides is 1. The molecule has 0 spiro atoms. The molecular weight excluding hydrogens is 388 g/mol. The van der Waals surface area contributed by atoms with E-state index in [-0.39, 0.29) is 23.6 Å². The van der Waals surface area contributed by atoms with E-state index < -0.39 is 11.9 Å². The summed E-state index contributed by atoms with van der Waals surface area (Å²) >= 11 is 0. The lowest BCUT2D eigenvalue weighted by Gasteiger charge is -2.33. The highest BCUT2D eigenvalue weighted by Gasteiger charge is 2.34. The second-order valence-corrected chi connectivity index (χ2v) is 8.37. The van der Waals surface area contributed by atoms with Gasteiger partial charge in [-0.25, -0.2) is 4.79 Å². The molecule has 1 aromatic heterocycles. The number of carbonyl (C=O) groups excluding carboxylic acids is 2. The van der Waals surface area contributed by atoms with Crippen molar-refractivity contribution in [2.75, 3.05) is 6.61 Å². The number of nitrogens with two attached hydrogens (primary N) is 2. The molecule has 1 aliphatic carbocycles. The molecule has 9 heteroatoms. The van der Waals surface area contributed by atoms with Crippen LogP contribution >= 0.6 is 0 Å². The number of hydrogen-bond donors (Lipinski definition) is 2. The van der Waals surface area contributed by atoms with Gasteiger partial charge in [0.1, 0.15) is 11.5 Å². The van der Waals surface area contributed by atoms with Crippen LogP contribution in [0.1, 0.15) is 54.6 Å². The Morgan fingerprint density at radius 1 is 1.23 bits per heavy atom. The number of ether oxygens (including phenoxy) is 1. The number of fused-ring (bicyclic) bond motifs is 1. The molecule has 0 bridgehead atoms. The number of rotatable bonds is 6. The Balaban J connectivity index is 1.66. The van der Waals surface area contributed by atoms with Crippen LogP contribution in [-0.4, -0.2) is 29.5 Å². The van der Waals surface area contributed by atoms with Crippen LogP contribution in [-0.2, 0) is 22.5 Å². The summed E-state index contributed by atoms with van der Waals surface area (Å²) in [5, 5.41) is 7.62. The zero-order valence-corrected chi connectivity index (χ0v) is 17.3. The van der Waals surface area contributed by atoms with Crippen LogP contribution in [0, 0.1) is 11.3 Å². The first kappa shape index (κ1) is 21.4. The molecule has 1 amide bonds. The van der Waals surface area contributed by atoms with Crippen LogP contribution in [0.4, 0.5) is 0 Å². The third-order valence-electron chi connectivity index (χ3n) is 5.22. The molecule has 30 heavy (non-hydrogen) atoms. The molecule has 0 saturated carbocycles. The number of amidine groups is 1. The van der Waals surface area contributed by atoms with Crippen molar-refractivity contribution in [2.45, 2.75) is 40.0 Å². The maximum Gasteiger partial charge on any atom is 0.387 e. The van der Waals surface area contributed by atoms with Crippen molar-refractivity contribution >= 4 is 17.7 Å². The Kier molecular flexibility index (Phi) is 6.09. The Labute approximate surface area is 174 Å². The fourth-order valence-corrected chi connectivity index (χ4v) is 3.37. The molecule has 1 heterocycles. The fraction of sp³-hybridized carbons (Fsp3) is 0.429. The summed E-state index contributed by atoms with van der Waals surface area (Å²) in [6, 6.07) is 6.44. The number of aromatic nitrogens is 1. The lowest BCUT2D eigenvalue weighted by Crippen LogP contribution is -2.27. The molecule has 0 saturated heterocycles. The largest absolute Gasteiger partial charge is 0.484 e. The average Bonchev–Trinajstić information content (AvgIpc) is 3.13. The Morgan fingerprint density at radius 2 is 1.93 bits per heavy atom. The van der Waals surface area contributed by atoms with Gasteiger partial charge >= 0.3 is 5.97 Å². The number of carbonyl (C=O) groups is 2. The molecule has 2 aromatic rings. The van der Waals surface area contributed by atoms with Crippen LogP contribution in [0.15, 0.2) is 33.9 Å². The Bertz CT molecular complexity index is 957. The third kappa shape index (κ3) is 4.97. The number of aryl methyl sites for hydroxylation is 1. The van der Waals surface area contributed by atoms with E-state index in [0.717, 1.165) is 24.2 Å². The van der Waals surface area contributed by atoms with Gasteiger partial charge in [-0.15, -0.1) is 0 Å². The smallest absolute Gasteiger partial charge is 0.387 e. The first-order valence-corrected chi connectivity index (χ1v) is 9.69. The molecule has 0 fully saturated rings. The van der Waals surface area contributed by atoms with Crippen molar-refractivity contribution in [3.63, 3.8) is 0 Å². The van der Waals surface area contributed by atoms with Crippen molar-refractivity contribution < 1.29 is 23.7 Å². The molecule has 1 aromatic carbocycles. The first-order valence-electron chi connectivity index (χ1n) is 9.69. The highest BCUT2D eigenvalue weighted by atomic mass is 16.7. The first-order chi connectivity index (χ1) is 14.1. The molecule has 9 nitrogen and oxygen atoms in total. The van der Waals surface area contributed by atoms with Gasteiger partial charge in [0, 0.05) is 17.5 Å². The van der Waals surface area contributed by atoms with Crippen LogP contribution in [0.2, 0.25) is 0 Å². The number of primary amides is 1. The van der Waals surface area contributed by atoms with E-state index in [1.807, 2.05) is 0 Å². The molecule has 160 valence electrons. The van der Waals surface area contributed by atoms with Gasteiger partial charge in [-0.3, -0.25) is 4.79 Å². The van der Waals surface area contributed by atoms with E-state index in [1.54, 1.807) is 24.3 Å². The van der Waals surface area contributed by atoms with E-state index in [1.165, 1.54) is 0 Å². The van der Waals surface area contributed by atoms with E-state index in [4.69, 9.17) is 25.6 Å². The van der Waals surface area contributed by atoms with Crippen LogP contribution in [0.3, 0.4) is 0 Å². The van der Waals surface area contributed by atoms with Crippen molar-refractivity contribution in [3.05, 3.63) is 46.8 Å². The molecule has 3 rings (SSSR count). The minimum absolute atomic E-state index is 0.00901. The van der Waals surface area contributed by atoms with Crippen molar-refractivity contribution in [2.24, 2.45) is 28.0 Å². The number of hydrogen-bond acceptors (Lipinski definition) is 7. The summed E-state index contributed by atoms with van der Waals surface area (Å²) in [5.41, 5.74) is 12.5. The second-order valence-electron chi connectivity index (χ2n) is 8.37. The lowest BCUT2D eigenvalue weighted by atomic mass is 9.71. The summed E-state index contributed by atoms with van der Waals surface area (Å²) in [4.78, 5) is 28.3. The van der Waals surface area contributed by atoms with Crippen molar-refractivity contribution in [3.8, 4) is 5.75 Å². The van der Waals surface area contributed by atoms with Gasteiger partial charge in [0.15, 0.2) is 18.1 Å². The molecule has 0 aliphatic heterocycles. The molecular formula is C21H26N4O5. The monoisotopic (exact) mass is 414 g/mol. The van der Waals surface area contributed by atoms with Gasteiger partial charge in [0.25, 0.3) is 5.91 Å². The fourth-order valence-electron chi connectivity index (χ4n) is 3.37. The Hall–Kier alpha value is -3.36. The molecule has 1 aliphatic rings. The lowest BCUT2D eigenvalue weighted by molar-refractivity contribution is -0.119. The van der Waals surface area contributed by atoms with Gasteiger partial charge in [-0.05, 0) is 48.4 Å². The van der Waals surface area contributed by atoms with Gasteiger partial charge in [0.05, 0.1) is 0 Å². The predicted molar refractivity (Wildman–Crippen MR) is 109 cm³/mol. The van der Waals surface area contributed by atoms with E-state index in [9.17, 15) is 9.59 Å². The highest BCUT2D eigenvalue weighted by Crippen LogP contribution is 2.38. The zero-order valence-electron chi connectivity index (χ0n) is 17.3. The molecule has 1 unspecified atom stereocenters. The van der Waals surface area contributed by atoms with E-state index >= 15 is 0 Å². The maximum atomic E-state index is 12.5. The van der Waals surface area contributed by atoms with Gasteiger partial charge < -0.3 is 25.6 Å². The van der Waals surface area contributed by atoms with E-state index in [0.29, 0.717) is 23.7 Å². The molecule has 1 atom stereocenters. The minimum atomic E-state index is -0.709. The van der Waals surface area contributed by atoms with Crippen LogP contribution in [0.5, 0.6) is 5.75 Å². The summed E-state index contributed by atoms with van der Waals surface area (Å²) in [7, 11) is 0. The SMILES string of the molecule is CC(C)(C)C1CCc2onc(C(=O)O/N=C(\N)c3ccc(OCC(N)=O)cc3)c2C1. The Morgan fingerprint density at radius 3 is 2.57 bits per heavy atom. The highest BCUT2D eigenvalue weighted by molar-refractivity contribution is 5.98. The predicted octanol–water partition coefficient (Wildman–Crippen LogP) is 2.17. The quantitative estimate of drug-likeness (QED) is 0.319. The summed E-state index contributed by atoms with van der Waals surface area (Å²) in [6.07, 6.45) is 2.44. The normalized spacial score (nSPS) is 16.6. The van der Waals surface area contributed by atoms with Crippen LogP contribution < -0.4 is 16.2 Å². The van der Waals surface area contributed by atoms with Crippen LogP contribution in [0.25, 0.3) is 0 Å². The number of nitrogens with zero attached hydrogens (tertiary/aromatic N) is 2. The minimum Gasteiger partial charge on any atom is -0.484 e. The molecule has 0 radical (unpaired) electrons. The average molecular weight is 414 g/mol. The summed E-state index contributed by atoms with van der Waals surface area (Å²) in [5.74, 6) is 0.320. The number of oxime groups is 1. The standard InChI is InChI=1S/C21H26N4O5/c1-21(2,3)13-6-9-16-15(10-13)18(24-29-16)20(27)30-25-19(23)12-4-7-14(8-5-12)28-11-17(22)26/h4-5,7-8,13H,6,9-11H2,1-3H3,(H2,22,26)(H2,23,25). The van der Waals surface area contributed by atoms with Gasteiger partial charge in [-0.2, -0.15) is 0 Å². The van der Waals surface area contributed by atoms with Crippen molar-refractivity contribution in [1.29, 1.82) is 0 Å². The van der Waals surface area contributed by atoms with Gasteiger partial charge in [0.2, 0.25) is 0 Å². The van der Waals surface area contributed by atoms with E-state index in [2.05, 4.69) is 31.1 Å². The summed E-state index contributed by atoms with van der Waals surface area (Å²) in [6.45, 7) is 6.33. The third-order valence-corrected chi connectivity index (χ3v) is 5.22. The molecule has 4 N–H and O–H groups in total. The van der Waals surface area contributed by atoms with Gasteiger partial charge in [-0.1, -0.05) is 31.1 Å². The second kappa shape index (κ2) is 8.56. The summed E-state index contributed by atoms with van der Waals surface area (Å²) < 4.78 is 10.5. The number of benzene rings is 1.